The molecule has 1 saturated carbocycles. The first-order valence-electron chi connectivity index (χ1n) is 15.4. The number of carbonyl (C=O) groups excluding carboxylic acids is 1. The van der Waals surface area contributed by atoms with Crippen LogP contribution in [0.2, 0.25) is 0 Å². The number of aliphatic hydroxyl groups is 1. The molecular formula is C34H43N5O4. The number of ether oxygens (including phenoxy) is 2. The van der Waals surface area contributed by atoms with Crippen molar-refractivity contribution in [1.82, 2.24) is 24.3 Å². The van der Waals surface area contributed by atoms with Crippen LogP contribution in [-0.2, 0) is 11.8 Å². The van der Waals surface area contributed by atoms with E-state index in [1.54, 1.807) is 13.4 Å². The van der Waals surface area contributed by atoms with Crippen LogP contribution in [-0.4, -0.2) is 81.6 Å². The van der Waals surface area contributed by atoms with Crippen molar-refractivity contribution in [2.75, 3.05) is 40.0 Å². The molecule has 2 aliphatic rings. The smallest absolute Gasteiger partial charge is 0.275 e. The van der Waals surface area contributed by atoms with Crippen LogP contribution in [0, 0.1) is 6.92 Å². The molecule has 4 aromatic rings. The summed E-state index contributed by atoms with van der Waals surface area (Å²) in [4.78, 5) is 21.0. The molecule has 1 aliphatic heterocycles. The third-order valence-electron chi connectivity index (χ3n) is 9.32. The third kappa shape index (κ3) is 5.81. The zero-order valence-corrected chi connectivity index (χ0v) is 25.5. The summed E-state index contributed by atoms with van der Waals surface area (Å²) in [6, 6.07) is 18.0. The maximum absolute atomic E-state index is 14.3. The van der Waals surface area contributed by atoms with Gasteiger partial charge in [0.1, 0.15) is 11.4 Å². The van der Waals surface area contributed by atoms with E-state index in [1.165, 1.54) is 11.2 Å². The first kappa shape index (κ1) is 29.4. The van der Waals surface area contributed by atoms with Crippen LogP contribution in [0.5, 0.6) is 5.75 Å². The summed E-state index contributed by atoms with van der Waals surface area (Å²) in [7, 11) is 3.70. The molecule has 3 atom stereocenters. The number of aryl methyl sites for hydroxylation is 2. The Hall–Kier alpha value is -3.66. The zero-order valence-electron chi connectivity index (χ0n) is 25.5. The molecule has 2 aromatic heterocycles. The molecule has 2 fully saturated rings. The summed E-state index contributed by atoms with van der Waals surface area (Å²) in [5.41, 5.74) is 3.46. The molecule has 2 N–H and O–H groups in total. The van der Waals surface area contributed by atoms with Crippen molar-refractivity contribution >= 4 is 16.8 Å². The number of benzene rings is 2. The van der Waals surface area contributed by atoms with Crippen molar-refractivity contribution < 1.29 is 19.4 Å². The lowest BCUT2D eigenvalue weighted by molar-refractivity contribution is -0.0893. The van der Waals surface area contributed by atoms with Crippen molar-refractivity contribution in [2.45, 2.75) is 56.7 Å². The fraction of sp³-hybridized carbons (Fsp3) is 0.471. The van der Waals surface area contributed by atoms with Crippen molar-refractivity contribution in [2.24, 2.45) is 7.05 Å². The largest absolute Gasteiger partial charge is 0.493 e. The first-order valence-corrected chi connectivity index (χ1v) is 15.4. The fourth-order valence-corrected chi connectivity index (χ4v) is 6.95. The van der Waals surface area contributed by atoms with Gasteiger partial charge in [0.25, 0.3) is 5.91 Å². The van der Waals surface area contributed by atoms with E-state index in [1.807, 2.05) is 45.9 Å². The van der Waals surface area contributed by atoms with E-state index in [9.17, 15) is 9.90 Å². The summed E-state index contributed by atoms with van der Waals surface area (Å²) in [6.45, 7) is 4.86. The summed E-state index contributed by atoms with van der Waals surface area (Å²) < 4.78 is 15.9. The van der Waals surface area contributed by atoms with Gasteiger partial charge in [-0.1, -0.05) is 43.2 Å². The molecule has 0 unspecified atom stereocenters. The van der Waals surface area contributed by atoms with Gasteiger partial charge in [0.2, 0.25) is 0 Å². The fourth-order valence-electron chi connectivity index (χ4n) is 6.95. The van der Waals surface area contributed by atoms with E-state index in [-0.39, 0.29) is 24.6 Å². The second-order valence-electron chi connectivity index (χ2n) is 12.1. The number of hydrogen-bond acceptors (Lipinski definition) is 6. The zero-order chi connectivity index (χ0) is 30.0. The molecule has 43 heavy (non-hydrogen) atoms. The summed E-state index contributed by atoms with van der Waals surface area (Å²) >= 11 is 0. The topological polar surface area (TPSA) is 93.8 Å². The number of hydrogen-bond donors (Lipinski definition) is 2. The molecular weight excluding hydrogens is 542 g/mol. The molecule has 2 aromatic carbocycles. The highest BCUT2D eigenvalue weighted by Crippen LogP contribution is 2.41. The van der Waals surface area contributed by atoms with E-state index in [0.717, 1.165) is 48.2 Å². The van der Waals surface area contributed by atoms with E-state index in [0.29, 0.717) is 38.2 Å². The predicted octanol–water partition coefficient (Wildman–Crippen LogP) is 4.73. The van der Waals surface area contributed by atoms with Gasteiger partial charge in [0.05, 0.1) is 31.3 Å². The lowest BCUT2D eigenvalue weighted by Gasteiger charge is -2.41. The van der Waals surface area contributed by atoms with Crippen LogP contribution < -0.4 is 10.1 Å². The molecule has 1 amide bonds. The minimum absolute atomic E-state index is 0.0298. The van der Waals surface area contributed by atoms with Crippen molar-refractivity contribution in [3.8, 4) is 17.0 Å². The molecule has 228 valence electrons. The number of carbonyl (C=O) groups is 1. The Bertz CT molecular complexity index is 1560. The van der Waals surface area contributed by atoms with Gasteiger partial charge in [-0.25, -0.2) is 4.98 Å². The SMILES string of the molecule is COC[C@]1(O)CCCC[C@H]1n1cnc(C(=O)N2CCNC[C@H]2CCOc2ccc3c(c2)cc(C)n3C)c1-c1ccccc1. The second-order valence-corrected chi connectivity index (χ2v) is 12.1. The van der Waals surface area contributed by atoms with Gasteiger partial charge < -0.3 is 33.9 Å². The molecule has 0 bridgehead atoms. The molecule has 6 rings (SSSR count). The number of piperazine rings is 1. The van der Waals surface area contributed by atoms with Crippen molar-refractivity contribution in [3.05, 3.63) is 72.3 Å². The standard InChI is InChI=1S/C34H43N5O4/c1-24-19-26-20-28(12-13-29(26)37(24)2)43-18-14-27-21-35-16-17-38(27)33(40)31-32(25-9-5-4-6-10-25)39(23-36-31)30-11-7-8-15-34(30,41)22-42-3/h4-6,9-10,12-13,19-20,23,27,30,35,41H,7-8,11,14-18,21-22H2,1-3H3/t27-,30-,34-/m1/s1. The Balaban J connectivity index is 1.24. The molecule has 9 heteroatoms. The average molecular weight is 586 g/mol. The highest BCUT2D eigenvalue weighted by Gasteiger charge is 2.42. The lowest BCUT2D eigenvalue weighted by Crippen LogP contribution is -2.54. The number of rotatable bonds is 9. The van der Waals surface area contributed by atoms with Crippen LogP contribution in [0.4, 0.5) is 0 Å². The summed E-state index contributed by atoms with van der Waals surface area (Å²) in [6.07, 6.45) is 5.84. The van der Waals surface area contributed by atoms with Gasteiger partial charge in [0, 0.05) is 68.4 Å². The molecule has 1 saturated heterocycles. The molecule has 0 spiro atoms. The Labute approximate surface area is 253 Å². The molecule has 9 nitrogen and oxygen atoms in total. The van der Waals surface area contributed by atoms with Gasteiger partial charge in [-0.3, -0.25) is 4.79 Å². The number of imidazole rings is 1. The quantitative estimate of drug-likeness (QED) is 0.295. The molecule has 1 aliphatic carbocycles. The number of nitrogens with one attached hydrogen (secondary N) is 1. The molecule has 0 radical (unpaired) electrons. The Morgan fingerprint density at radius 1 is 1.16 bits per heavy atom. The monoisotopic (exact) mass is 585 g/mol. The van der Waals surface area contributed by atoms with Gasteiger partial charge in [-0.2, -0.15) is 0 Å². The maximum atomic E-state index is 14.3. The van der Waals surface area contributed by atoms with Gasteiger partial charge in [-0.15, -0.1) is 0 Å². The number of aromatic nitrogens is 3. The van der Waals surface area contributed by atoms with Crippen LogP contribution >= 0.6 is 0 Å². The van der Waals surface area contributed by atoms with E-state index < -0.39 is 5.60 Å². The van der Waals surface area contributed by atoms with Crippen LogP contribution in [0.25, 0.3) is 22.2 Å². The normalized spacial score (nSPS) is 22.7. The lowest BCUT2D eigenvalue weighted by atomic mass is 9.80. The van der Waals surface area contributed by atoms with E-state index >= 15 is 0 Å². The van der Waals surface area contributed by atoms with Gasteiger partial charge >= 0.3 is 0 Å². The summed E-state index contributed by atoms with van der Waals surface area (Å²) in [5.74, 6) is 0.747. The van der Waals surface area contributed by atoms with Crippen molar-refractivity contribution in [3.63, 3.8) is 0 Å². The highest BCUT2D eigenvalue weighted by molar-refractivity contribution is 5.98. The first-order chi connectivity index (χ1) is 20.9. The van der Waals surface area contributed by atoms with Crippen molar-refractivity contribution in [1.29, 1.82) is 0 Å². The predicted molar refractivity (Wildman–Crippen MR) is 167 cm³/mol. The number of amides is 1. The Morgan fingerprint density at radius 3 is 2.81 bits per heavy atom. The maximum Gasteiger partial charge on any atom is 0.275 e. The minimum atomic E-state index is -1.02. The minimum Gasteiger partial charge on any atom is -0.493 e. The Kier molecular flexibility index (Phi) is 8.56. The second kappa shape index (κ2) is 12.5. The Morgan fingerprint density at radius 2 is 2.00 bits per heavy atom. The third-order valence-corrected chi connectivity index (χ3v) is 9.32. The van der Waals surface area contributed by atoms with Gasteiger partial charge in [0.15, 0.2) is 5.69 Å². The van der Waals surface area contributed by atoms with E-state index in [2.05, 4.69) is 42.1 Å². The number of fused-ring (bicyclic) bond motifs is 1. The van der Waals surface area contributed by atoms with Crippen LogP contribution in [0.15, 0.2) is 60.9 Å². The highest BCUT2D eigenvalue weighted by atomic mass is 16.5. The van der Waals surface area contributed by atoms with Crippen LogP contribution in [0.3, 0.4) is 0 Å². The number of nitrogens with zero attached hydrogens (tertiary/aromatic N) is 4. The van der Waals surface area contributed by atoms with Gasteiger partial charge in [-0.05, 0) is 44.0 Å². The van der Waals surface area contributed by atoms with E-state index in [4.69, 9.17) is 14.5 Å². The summed E-state index contributed by atoms with van der Waals surface area (Å²) in [5, 5.41) is 16.3. The number of methoxy groups -OCH3 is 1. The average Bonchev–Trinajstić information content (AvgIpc) is 3.58. The van der Waals surface area contributed by atoms with Crippen LogP contribution in [0.1, 0.15) is 54.3 Å². The molecule has 3 heterocycles.